The van der Waals surface area contributed by atoms with Crippen molar-refractivity contribution in [2.45, 2.75) is 38.5 Å². The first-order valence-electron chi connectivity index (χ1n) is 11.1. The van der Waals surface area contributed by atoms with E-state index in [-0.39, 0.29) is 35.7 Å². The van der Waals surface area contributed by atoms with Gasteiger partial charge in [-0.15, -0.1) is 0 Å². The number of hydrogen-bond donors (Lipinski definition) is 1. The number of nitrogens with zero attached hydrogens (tertiary/aromatic N) is 1. The van der Waals surface area contributed by atoms with Gasteiger partial charge in [0.2, 0.25) is 0 Å². The maximum absolute atomic E-state index is 14.2. The average molecular weight is 459 g/mol. The van der Waals surface area contributed by atoms with Gasteiger partial charge in [0, 0.05) is 32.7 Å². The van der Waals surface area contributed by atoms with E-state index in [1.54, 1.807) is 0 Å². The third-order valence-corrected chi connectivity index (χ3v) is 6.11. The molecule has 0 saturated carbocycles. The van der Waals surface area contributed by atoms with Gasteiger partial charge in [-0.1, -0.05) is 18.2 Å². The lowest BCUT2D eigenvalue weighted by Gasteiger charge is -2.34. The van der Waals surface area contributed by atoms with Crippen molar-refractivity contribution < 1.29 is 27.8 Å². The van der Waals surface area contributed by atoms with Crippen LogP contribution in [0, 0.1) is 11.6 Å². The first-order chi connectivity index (χ1) is 16.0. The van der Waals surface area contributed by atoms with Gasteiger partial charge in [-0.25, -0.2) is 8.78 Å². The number of ether oxygens (including phenoxy) is 3. The second-order valence-electron chi connectivity index (χ2n) is 8.29. The summed E-state index contributed by atoms with van der Waals surface area (Å²) in [5, 5.41) is 2.74. The van der Waals surface area contributed by atoms with Crippen molar-refractivity contribution in [1.29, 1.82) is 0 Å². The van der Waals surface area contributed by atoms with Crippen LogP contribution in [0.3, 0.4) is 0 Å². The van der Waals surface area contributed by atoms with Gasteiger partial charge in [0.1, 0.15) is 17.2 Å². The Bertz CT molecular complexity index is 1030. The monoisotopic (exact) mass is 458 g/mol. The highest BCUT2D eigenvalue weighted by molar-refractivity contribution is 5.99. The summed E-state index contributed by atoms with van der Waals surface area (Å²) in [4.78, 5) is 14.9. The summed E-state index contributed by atoms with van der Waals surface area (Å²) in [5.74, 6) is -1.02. The SMILES string of the molecule is COCOc1ccc(F)c2c1OC(CCC(C)N1CC=C(c3ccc(F)cc3)CC1)NC2=O. The number of halogens is 2. The van der Waals surface area contributed by atoms with Gasteiger partial charge in [0.05, 0.1) is 0 Å². The van der Waals surface area contributed by atoms with Crippen molar-refractivity contribution in [3.05, 3.63) is 65.2 Å². The minimum Gasteiger partial charge on any atom is -0.466 e. The van der Waals surface area contributed by atoms with Crippen LogP contribution in [0.2, 0.25) is 0 Å². The molecule has 2 aliphatic heterocycles. The van der Waals surface area contributed by atoms with E-state index >= 15 is 0 Å². The molecule has 0 saturated heterocycles. The second-order valence-corrected chi connectivity index (χ2v) is 8.29. The number of amides is 1. The lowest BCUT2D eigenvalue weighted by atomic mass is 9.98. The van der Waals surface area contributed by atoms with E-state index in [2.05, 4.69) is 23.2 Å². The molecule has 0 spiro atoms. The molecule has 4 rings (SSSR count). The summed E-state index contributed by atoms with van der Waals surface area (Å²) in [6.45, 7) is 3.80. The average Bonchev–Trinajstić information content (AvgIpc) is 2.82. The van der Waals surface area contributed by atoms with Crippen molar-refractivity contribution in [3.8, 4) is 11.5 Å². The van der Waals surface area contributed by atoms with E-state index in [1.807, 2.05) is 12.1 Å². The van der Waals surface area contributed by atoms with Gasteiger partial charge in [-0.2, -0.15) is 0 Å². The topological polar surface area (TPSA) is 60.0 Å². The number of carbonyl (C=O) groups excluding carboxylic acids is 1. The Kier molecular flexibility index (Phi) is 7.25. The Hall–Kier alpha value is -2.97. The standard InChI is InChI=1S/C25H28F2N2O4/c1-16(29-13-11-18(12-14-29)17-4-6-19(26)7-5-17)3-10-22-28-25(30)23-20(27)8-9-21(24(23)33-22)32-15-31-2/h4-9,11,16,22H,3,10,12-15H2,1-2H3,(H,28,30). The number of fused-ring (bicyclic) bond motifs is 1. The zero-order valence-electron chi connectivity index (χ0n) is 18.8. The highest BCUT2D eigenvalue weighted by atomic mass is 19.1. The third-order valence-electron chi connectivity index (χ3n) is 6.11. The minimum absolute atomic E-state index is 0.0346. The van der Waals surface area contributed by atoms with Crippen LogP contribution in [0.4, 0.5) is 8.78 Å². The second kappa shape index (κ2) is 10.3. The highest BCUT2D eigenvalue weighted by Crippen LogP contribution is 2.37. The molecule has 1 N–H and O–H groups in total. The normalized spacial score (nSPS) is 19.2. The molecule has 0 radical (unpaired) electrons. The number of rotatable bonds is 8. The Labute approximate surface area is 192 Å². The summed E-state index contributed by atoms with van der Waals surface area (Å²) in [5.41, 5.74) is 2.13. The van der Waals surface area contributed by atoms with E-state index in [4.69, 9.17) is 14.2 Å². The maximum Gasteiger partial charge on any atom is 0.261 e. The van der Waals surface area contributed by atoms with E-state index in [1.165, 1.54) is 36.9 Å². The van der Waals surface area contributed by atoms with Crippen LogP contribution >= 0.6 is 0 Å². The highest BCUT2D eigenvalue weighted by Gasteiger charge is 2.32. The number of nitrogens with one attached hydrogen (secondary N) is 1. The van der Waals surface area contributed by atoms with Crippen LogP contribution in [0.15, 0.2) is 42.5 Å². The molecular weight excluding hydrogens is 430 g/mol. The van der Waals surface area contributed by atoms with E-state index < -0.39 is 18.0 Å². The van der Waals surface area contributed by atoms with Crippen LogP contribution in [0.25, 0.3) is 5.57 Å². The Balaban J connectivity index is 1.35. The summed E-state index contributed by atoms with van der Waals surface area (Å²) in [7, 11) is 1.48. The maximum atomic E-state index is 14.2. The fourth-order valence-electron chi connectivity index (χ4n) is 4.21. The van der Waals surface area contributed by atoms with Gasteiger partial charge in [-0.3, -0.25) is 9.69 Å². The molecule has 0 aliphatic carbocycles. The Morgan fingerprint density at radius 2 is 2.00 bits per heavy atom. The van der Waals surface area contributed by atoms with Gasteiger partial charge in [0.15, 0.2) is 24.5 Å². The smallest absolute Gasteiger partial charge is 0.261 e. The lowest BCUT2D eigenvalue weighted by molar-refractivity contribution is 0.0417. The molecule has 33 heavy (non-hydrogen) atoms. The van der Waals surface area contributed by atoms with Gasteiger partial charge in [-0.05, 0) is 55.2 Å². The molecule has 0 fully saturated rings. The molecule has 176 valence electrons. The molecule has 2 aromatic carbocycles. The minimum atomic E-state index is -0.656. The van der Waals surface area contributed by atoms with Gasteiger partial charge >= 0.3 is 0 Å². The first kappa shape index (κ1) is 23.2. The number of hydrogen-bond acceptors (Lipinski definition) is 5. The zero-order chi connectivity index (χ0) is 23.4. The molecule has 0 bridgehead atoms. The summed E-state index contributed by atoms with van der Waals surface area (Å²) < 4.78 is 43.7. The molecule has 2 aliphatic rings. The van der Waals surface area contributed by atoms with Crippen LogP contribution < -0.4 is 14.8 Å². The van der Waals surface area contributed by atoms with Crippen LogP contribution in [0.1, 0.15) is 42.1 Å². The largest absolute Gasteiger partial charge is 0.466 e. The zero-order valence-corrected chi connectivity index (χ0v) is 18.8. The predicted octanol–water partition coefficient (Wildman–Crippen LogP) is 4.35. The van der Waals surface area contributed by atoms with Crippen molar-refractivity contribution >= 4 is 11.5 Å². The molecular formula is C25H28F2N2O4. The summed E-state index contributed by atoms with van der Waals surface area (Å²) >= 11 is 0. The van der Waals surface area contributed by atoms with E-state index in [9.17, 15) is 13.6 Å². The fourth-order valence-corrected chi connectivity index (χ4v) is 4.21. The molecule has 6 nitrogen and oxygen atoms in total. The molecule has 2 heterocycles. The van der Waals surface area contributed by atoms with Crippen molar-refractivity contribution in [2.75, 3.05) is 27.0 Å². The van der Waals surface area contributed by atoms with Crippen LogP contribution in [-0.4, -0.2) is 50.1 Å². The van der Waals surface area contributed by atoms with Gasteiger partial charge in [0.25, 0.3) is 5.91 Å². The molecule has 8 heteroatoms. The van der Waals surface area contributed by atoms with Crippen LogP contribution in [0.5, 0.6) is 11.5 Å². The van der Waals surface area contributed by atoms with Crippen LogP contribution in [-0.2, 0) is 4.74 Å². The predicted molar refractivity (Wildman–Crippen MR) is 120 cm³/mol. The number of carbonyl (C=O) groups is 1. The number of methoxy groups -OCH3 is 1. The molecule has 2 atom stereocenters. The third kappa shape index (κ3) is 5.34. The molecule has 1 amide bonds. The Morgan fingerprint density at radius 1 is 1.21 bits per heavy atom. The lowest BCUT2D eigenvalue weighted by Crippen LogP contribution is -2.45. The quantitative estimate of drug-likeness (QED) is 0.596. The summed E-state index contributed by atoms with van der Waals surface area (Å²) in [6.07, 6.45) is 3.85. The van der Waals surface area contributed by atoms with Crippen molar-refractivity contribution in [1.82, 2.24) is 10.2 Å². The summed E-state index contributed by atoms with van der Waals surface area (Å²) in [6, 6.07) is 9.47. The molecule has 0 aromatic heterocycles. The molecule has 2 aromatic rings. The van der Waals surface area contributed by atoms with Crippen molar-refractivity contribution in [2.24, 2.45) is 0 Å². The number of benzene rings is 2. The Morgan fingerprint density at radius 3 is 2.70 bits per heavy atom. The molecule has 2 unspecified atom stereocenters. The van der Waals surface area contributed by atoms with E-state index in [0.717, 1.165) is 31.5 Å². The van der Waals surface area contributed by atoms with Gasteiger partial charge < -0.3 is 19.5 Å². The first-order valence-corrected chi connectivity index (χ1v) is 11.1. The fraction of sp³-hybridized carbons (Fsp3) is 0.400. The van der Waals surface area contributed by atoms with Crippen molar-refractivity contribution in [3.63, 3.8) is 0 Å². The van der Waals surface area contributed by atoms with E-state index in [0.29, 0.717) is 6.42 Å².